The summed E-state index contributed by atoms with van der Waals surface area (Å²) < 4.78 is 5.77. The lowest BCUT2D eigenvalue weighted by Crippen LogP contribution is -2.06. The Morgan fingerprint density at radius 2 is 1.86 bits per heavy atom. The Bertz CT molecular complexity index is 326. The summed E-state index contributed by atoms with van der Waals surface area (Å²) in [6, 6.07) is 8.43. The first-order valence-corrected chi connectivity index (χ1v) is 4.86. The first kappa shape index (κ1) is 8.49. The molecule has 0 aromatic heterocycles. The van der Waals surface area contributed by atoms with Crippen LogP contribution in [0.1, 0.15) is 17.2 Å². The zero-order valence-corrected chi connectivity index (χ0v) is 7.81. The van der Waals surface area contributed by atoms with Gasteiger partial charge in [-0.15, -0.1) is 0 Å². The minimum Gasteiger partial charge on any atom is -0.368 e. The Kier molecular flexibility index (Phi) is 2.06. The van der Waals surface area contributed by atoms with Crippen LogP contribution in [-0.2, 0) is 11.3 Å². The SMILES string of the molecule is [CH]1[CH][CH][C](C2OCc3ccccc32)[CH]1. The van der Waals surface area contributed by atoms with E-state index in [-0.39, 0.29) is 6.10 Å². The molecule has 0 bridgehead atoms. The van der Waals surface area contributed by atoms with Gasteiger partial charge in [0.15, 0.2) is 0 Å². The Morgan fingerprint density at radius 3 is 2.71 bits per heavy atom. The van der Waals surface area contributed by atoms with Gasteiger partial charge in [0, 0.05) is 5.92 Å². The monoisotopic (exact) mass is 183 g/mol. The molecule has 1 heterocycles. The summed E-state index contributed by atoms with van der Waals surface area (Å²) in [5.74, 6) is 1.26. The van der Waals surface area contributed by atoms with Crippen LogP contribution in [0.25, 0.3) is 0 Å². The summed E-state index contributed by atoms with van der Waals surface area (Å²) >= 11 is 0. The van der Waals surface area contributed by atoms with Crippen molar-refractivity contribution in [1.29, 1.82) is 0 Å². The third kappa shape index (κ3) is 1.27. The standard InChI is InChI=1S/C13H11O/c1-2-6-10(5-1)13-12-8-4-3-7-11(12)9-14-13/h1-8,13H,9H2. The maximum Gasteiger partial charge on any atom is 0.0901 e. The van der Waals surface area contributed by atoms with Crippen molar-refractivity contribution in [2.24, 2.45) is 0 Å². The van der Waals surface area contributed by atoms with Gasteiger partial charge in [-0.3, -0.25) is 0 Å². The second kappa shape index (κ2) is 3.39. The van der Waals surface area contributed by atoms with Crippen LogP contribution < -0.4 is 0 Å². The van der Waals surface area contributed by atoms with Crippen molar-refractivity contribution in [2.45, 2.75) is 12.7 Å². The van der Waals surface area contributed by atoms with E-state index in [0.717, 1.165) is 6.61 Å². The largest absolute Gasteiger partial charge is 0.368 e. The molecule has 1 saturated carbocycles. The third-order valence-electron chi connectivity index (χ3n) is 2.73. The minimum absolute atomic E-state index is 0.154. The van der Waals surface area contributed by atoms with Gasteiger partial charge >= 0.3 is 0 Å². The van der Waals surface area contributed by atoms with Crippen LogP contribution in [0.3, 0.4) is 0 Å². The van der Waals surface area contributed by atoms with Crippen molar-refractivity contribution in [3.05, 3.63) is 67.0 Å². The van der Waals surface area contributed by atoms with Gasteiger partial charge in [0.1, 0.15) is 0 Å². The molecule has 1 aromatic rings. The molecular formula is C13H11O. The van der Waals surface area contributed by atoms with Gasteiger partial charge in [-0.25, -0.2) is 0 Å². The molecule has 0 spiro atoms. The summed E-state index contributed by atoms with van der Waals surface area (Å²) in [4.78, 5) is 0. The van der Waals surface area contributed by atoms with E-state index in [0.29, 0.717) is 0 Å². The molecule has 0 N–H and O–H groups in total. The van der Waals surface area contributed by atoms with Crippen LogP contribution in [0.15, 0.2) is 24.3 Å². The first-order chi connectivity index (χ1) is 6.95. The maximum atomic E-state index is 5.77. The lowest BCUT2D eigenvalue weighted by atomic mass is 9.93. The first-order valence-electron chi connectivity index (χ1n) is 4.86. The highest BCUT2D eigenvalue weighted by molar-refractivity contribution is 5.45. The molecule has 3 rings (SSSR count). The van der Waals surface area contributed by atoms with E-state index >= 15 is 0 Å². The average Bonchev–Trinajstić information content (AvgIpc) is 2.85. The van der Waals surface area contributed by atoms with Crippen LogP contribution in [0.2, 0.25) is 0 Å². The van der Waals surface area contributed by atoms with Crippen molar-refractivity contribution < 1.29 is 4.74 Å². The molecule has 69 valence electrons. The molecule has 1 aromatic carbocycles. The maximum absolute atomic E-state index is 5.77. The van der Waals surface area contributed by atoms with Gasteiger partial charge in [-0.1, -0.05) is 24.3 Å². The van der Waals surface area contributed by atoms with E-state index < -0.39 is 0 Å². The average molecular weight is 183 g/mol. The van der Waals surface area contributed by atoms with Crippen molar-refractivity contribution in [1.82, 2.24) is 0 Å². The lowest BCUT2D eigenvalue weighted by molar-refractivity contribution is 0.0813. The highest BCUT2D eigenvalue weighted by atomic mass is 16.5. The number of hydrogen-bond donors (Lipinski definition) is 0. The number of rotatable bonds is 1. The van der Waals surface area contributed by atoms with Crippen LogP contribution in [0.5, 0.6) is 0 Å². The van der Waals surface area contributed by atoms with E-state index in [9.17, 15) is 0 Å². The predicted molar refractivity (Wildman–Crippen MR) is 54.4 cm³/mol. The molecule has 0 saturated heterocycles. The molecular weight excluding hydrogens is 172 g/mol. The number of hydrogen-bond acceptors (Lipinski definition) is 1. The van der Waals surface area contributed by atoms with Gasteiger partial charge in [-0.2, -0.15) is 0 Å². The van der Waals surface area contributed by atoms with E-state index in [2.05, 4.69) is 49.9 Å². The highest BCUT2D eigenvalue weighted by Crippen LogP contribution is 2.42. The molecule has 1 nitrogen and oxygen atoms in total. The Labute approximate surface area is 85.1 Å². The Hall–Kier alpha value is -0.820. The summed E-state index contributed by atoms with van der Waals surface area (Å²) in [6.45, 7) is 0.742. The smallest absolute Gasteiger partial charge is 0.0901 e. The molecule has 1 heteroatoms. The fourth-order valence-electron chi connectivity index (χ4n) is 2.02. The summed E-state index contributed by atoms with van der Waals surface area (Å²) in [5, 5.41) is 0. The van der Waals surface area contributed by atoms with E-state index in [1.54, 1.807) is 0 Å². The highest BCUT2D eigenvalue weighted by Gasteiger charge is 2.33. The van der Waals surface area contributed by atoms with E-state index in [1.807, 2.05) is 0 Å². The number of fused-ring (bicyclic) bond motifs is 1. The summed E-state index contributed by atoms with van der Waals surface area (Å²) in [6.07, 6.45) is 8.50. The normalized spacial score (nSPS) is 26.7. The van der Waals surface area contributed by atoms with Crippen LogP contribution in [0.4, 0.5) is 0 Å². The Morgan fingerprint density at radius 1 is 1.07 bits per heavy atom. The molecule has 14 heavy (non-hydrogen) atoms. The molecule has 1 unspecified atom stereocenters. The zero-order valence-electron chi connectivity index (χ0n) is 7.81. The molecule has 1 atom stereocenters. The summed E-state index contributed by atoms with van der Waals surface area (Å²) in [5.41, 5.74) is 2.64. The second-order valence-corrected chi connectivity index (χ2v) is 3.61. The van der Waals surface area contributed by atoms with Crippen molar-refractivity contribution >= 4 is 0 Å². The fourth-order valence-corrected chi connectivity index (χ4v) is 2.02. The van der Waals surface area contributed by atoms with Crippen molar-refractivity contribution in [2.75, 3.05) is 0 Å². The quantitative estimate of drug-likeness (QED) is 0.650. The van der Waals surface area contributed by atoms with Gasteiger partial charge in [0.2, 0.25) is 0 Å². The zero-order chi connectivity index (χ0) is 9.38. The molecule has 1 aliphatic carbocycles. The van der Waals surface area contributed by atoms with Gasteiger partial charge < -0.3 is 4.74 Å². The van der Waals surface area contributed by atoms with Gasteiger partial charge in [-0.05, 0) is 36.8 Å². The molecule has 1 aliphatic heterocycles. The number of benzene rings is 1. The van der Waals surface area contributed by atoms with Gasteiger partial charge in [0.05, 0.1) is 12.7 Å². The van der Waals surface area contributed by atoms with Gasteiger partial charge in [0.25, 0.3) is 0 Å². The fraction of sp³-hybridized carbons (Fsp3) is 0.154. The van der Waals surface area contributed by atoms with Crippen LogP contribution >= 0.6 is 0 Å². The molecule has 5 radical (unpaired) electrons. The van der Waals surface area contributed by atoms with E-state index in [1.165, 1.54) is 17.0 Å². The minimum atomic E-state index is 0.154. The van der Waals surface area contributed by atoms with Crippen molar-refractivity contribution in [3.63, 3.8) is 0 Å². The molecule has 0 amide bonds. The van der Waals surface area contributed by atoms with E-state index in [4.69, 9.17) is 4.74 Å². The molecule has 2 aliphatic rings. The molecule has 1 fully saturated rings. The van der Waals surface area contributed by atoms with Crippen LogP contribution in [-0.4, -0.2) is 0 Å². The lowest BCUT2D eigenvalue weighted by Gasteiger charge is -2.17. The third-order valence-corrected chi connectivity index (χ3v) is 2.73. The second-order valence-electron chi connectivity index (χ2n) is 3.61. The number of ether oxygens (including phenoxy) is 1. The predicted octanol–water partition coefficient (Wildman–Crippen LogP) is 2.66. The van der Waals surface area contributed by atoms with Crippen molar-refractivity contribution in [3.8, 4) is 0 Å². The summed E-state index contributed by atoms with van der Waals surface area (Å²) in [7, 11) is 0. The Balaban J connectivity index is 1.89. The van der Waals surface area contributed by atoms with Crippen LogP contribution in [0, 0.1) is 31.6 Å². The topological polar surface area (TPSA) is 9.23 Å².